The lowest BCUT2D eigenvalue weighted by molar-refractivity contribution is -0.300. The normalized spacial score (nSPS) is 54.8. The second kappa shape index (κ2) is 11.3. The number of piperidine rings is 2. The molecule has 3 heterocycles. The van der Waals surface area contributed by atoms with Gasteiger partial charge in [-0.3, -0.25) is 9.69 Å². The molecular formula is C37H59NO11. The van der Waals surface area contributed by atoms with Gasteiger partial charge in [0.15, 0.2) is 17.8 Å². The molecule has 4 aliphatic carbocycles. The molecular weight excluding hydrogens is 634 g/mol. The molecule has 0 aromatic rings. The van der Waals surface area contributed by atoms with Crippen LogP contribution in [0.25, 0.3) is 0 Å². The first-order valence-corrected chi connectivity index (χ1v) is 18.9. The molecule has 4 bridgehead atoms. The Labute approximate surface area is 289 Å². The number of nitrogens with zero attached hydrogens (tertiary/aromatic N) is 1. The average Bonchev–Trinajstić information content (AvgIpc) is 3.31. The first kappa shape index (κ1) is 36.0. The fourth-order valence-corrected chi connectivity index (χ4v) is 12.5. The van der Waals surface area contributed by atoms with Gasteiger partial charge in [0, 0.05) is 42.3 Å². The van der Waals surface area contributed by atoms with Gasteiger partial charge < -0.3 is 44.8 Å². The maximum atomic E-state index is 13.5. The lowest BCUT2D eigenvalue weighted by atomic mass is 9.49. The highest BCUT2D eigenvalue weighted by molar-refractivity contribution is 5.78. The fraction of sp³-hybridized carbons (Fsp3) is 0.946. The van der Waals surface area contributed by atoms with Crippen LogP contribution in [0.4, 0.5) is 0 Å². The van der Waals surface area contributed by atoms with Gasteiger partial charge in [-0.1, -0.05) is 34.6 Å². The van der Waals surface area contributed by atoms with Crippen molar-refractivity contribution in [3.63, 3.8) is 0 Å². The van der Waals surface area contributed by atoms with Gasteiger partial charge in [0.25, 0.3) is 0 Å². The molecule has 4 saturated carbocycles. The van der Waals surface area contributed by atoms with E-state index < -0.39 is 105 Å². The van der Waals surface area contributed by atoms with Crippen LogP contribution in [-0.2, 0) is 23.8 Å². The maximum absolute atomic E-state index is 13.5. The van der Waals surface area contributed by atoms with E-state index in [4.69, 9.17) is 14.2 Å². The van der Waals surface area contributed by atoms with E-state index in [2.05, 4.69) is 11.8 Å². The number of ether oxygens (including phenoxy) is 3. The van der Waals surface area contributed by atoms with Gasteiger partial charge in [0.05, 0.1) is 29.3 Å². The van der Waals surface area contributed by atoms with E-state index in [0.29, 0.717) is 25.3 Å². The first-order valence-electron chi connectivity index (χ1n) is 18.9. The summed E-state index contributed by atoms with van der Waals surface area (Å²) in [6.07, 6.45) is -2.06. The van der Waals surface area contributed by atoms with E-state index in [1.54, 1.807) is 20.8 Å². The van der Waals surface area contributed by atoms with Crippen molar-refractivity contribution in [3.8, 4) is 0 Å². The van der Waals surface area contributed by atoms with Crippen LogP contribution >= 0.6 is 0 Å². The van der Waals surface area contributed by atoms with E-state index in [1.165, 1.54) is 6.92 Å². The summed E-state index contributed by atoms with van der Waals surface area (Å²) in [5.74, 6) is -7.17. The van der Waals surface area contributed by atoms with Crippen LogP contribution < -0.4 is 0 Å². The van der Waals surface area contributed by atoms with E-state index in [0.717, 1.165) is 19.4 Å². The van der Waals surface area contributed by atoms with Crippen molar-refractivity contribution in [2.75, 3.05) is 13.1 Å². The summed E-state index contributed by atoms with van der Waals surface area (Å²) in [6, 6.07) is -0.218. The monoisotopic (exact) mass is 693 g/mol. The van der Waals surface area contributed by atoms with Crippen LogP contribution in [0.15, 0.2) is 0 Å². The number of aliphatic hydroxyl groups excluding tert-OH is 2. The fourth-order valence-electron chi connectivity index (χ4n) is 12.5. The third-order valence-electron chi connectivity index (χ3n) is 15.4. The number of rotatable bonds is 6. The standard InChI is InChI=1S/C37H59NO11/c1-8-19(4)30(41)48-29-27(40)26-20(17-38-16-18(3)10-11-24(38)34(26,7)44)21-15-35-28(36(21,29)45)22(39)14-23-32(35,5)13-12-25(37(23,46)49-35)47-31(42)33(6,43)9-2/h18-29,39-40,43-46H,8-17H2,1-7H3/t18-,19+,20-,21-,22+,23-,24-,25-,26+,27+,28+,29-,32-,33-,34?,35+,36-,37-/m0/s1. The Morgan fingerprint density at radius 2 is 1.76 bits per heavy atom. The highest BCUT2D eigenvalue weighted by Crippen LogP contribution is 2.77. The minimum Gasteiger partial charge on any atom is -0.456 e. The van der Waals surface area contributed by atoms with Crippen LogP contribution in [0.5, 0.6) is 0 Å². The van der Waals surface area contributed by atoms with Crippen LogP contribution in [0.3, 0.4) is 0 Å². The number of hydrogen-bond acceptors (Lipinski definition) is 12. The summed E-state index contributed by atoms with van der Waals surface area (Å²) in [5.41, 5.74) is -7.23. The number of carbonyl (C=O) groups excluding carboxylic acids is 2. The minimum atomic E-state index is -2.02. The quantitative estimate of drug-likeness (QED) is 0.221. The molecule has 6 N–H and O–H groups in total. The molecule has 18 atom stereocenters. The van der Waals surface area contributed by atoms with Gasteiger partial charge in [-0.05, 0) is 83.0 Å². The summed E-state index contributed by atoms with van der Waals surface area (Å²) in [7, 11) is 0. The molecule has 49 heavy (non-hydrogen) atoms. The Balaban J connectivity index is 1.35. The van der Waals surface area contributed by atoms with E-state index in [1.807, 2.05) is 13.8 Å². The van der Waals surface area contributed by atoms with E-state index in [9.17, 15) is 40.2 Å². The molecule has 7 fully saturated rings. The molecule has 3 saturated heterocycles. The molecule has 0 radical (unpaired) electrons. The van der Waals surface area contributed by atoms with E-state index >= 15 is 0 Å². The number of aliphatic hydroxyl groups is 6. The lowest BCUT2D eigenvalue weighted by Crippen LogP contribution is -2.77. The highest BCUT2D eigenvalue weighted by Gasteiger charge is 2.87. The topological polar surface area (TPSA) is 186 Å². The Hall–Kier alpha value is -1.38. The number of esters is 2. The van der Waals surface area contributed by atoms with Crippen molar-refractivity contribution in [2.45, 2.75) is 158 Å². The summed E-state index contributed by atoms with van der Waals surface area (Å²) >= 11 is 0. The number of fused-ring (bicyclic) bond motifs is 5. The zero-order chi connectivity index (χ0) is 35.9. The molecule has 0 aromatic carbocycles. The molecule has 7 rings (SSSR count). The van der Waals surface area contributed by atoms with Gasteiger partial charge in [-0.15, -0.1) is 0 Å². The summed E-state index contributed by atoms with van der Waals surface area (Å²) < 4.78 is 18.9. The molecule has 12 nitrogen and oxygen atoms in total. The molecule has 3 aliphatic heterocycles. The average molecular weight is 694 g/mol. The van der Waals surface area contributed by atoms with Crippen molar-refractivity contribution in [1.82, 2.24) is 4.90 Å². The maximum Gasteiger partial charge on any atom is 0.338 e. The molecule has 0 amide bonds. The van der Waals surface area contributed by atoms with Crippen LogP contribution in [0.1, 0.15) is 99.8 Å². The molecule has 0 aromatic heterocycles. The molecule has 1 spiro atoms. The first-order chi connectivity index (χ1) is 22.7. The van der Waals surface area contributed by atoms with Crippen molar-refractivity contribution in [3.05, 3.63) is 0 Å². The number of carbonyl (C=O) groups is 2. The smallest absolute Gasteiger partial charge is 0.338 e. The van der Waals surface area contributed by atoms with E-state index in [-0.39, 0.29) is 31.7 Å². The third kappa shape index (κ3) is 4.56. The molecule has 278 valence electrons. The minimum absolute atomic E-state index is 0.0202. The Bertz CT molecular complexity index is 1360. The van der Waals surface area contributed by atoms with Gasteiger partial charge in [0.1, 0.15) is 5.60 Å². The predicted molar refractivity (Wildman–Crippen MR) is 174 cm³/mol. The molecule has 12 heteroatoms. The van der Waals surface area contributed by atoms with Gasteiger partial charge in [0.2, 0.25) is 5.79 Å². The SMILES string of the molecule is CC[C@@H](C)C(=O)O[C@H]1[C@H](O)[C@H]2[C@@H](CN3C[C@@H](C)CC[C@H]3C2(C)O)[C@@H]2C[C@]34O[C@]5(O)[C@@H](OC(=O)[C@@](C)(O)CC)CC[C@@]3(C)[C@@H]5C[C@@H](O)[C@H]4[C@@]21O. The summed E-state index contributed by atoms with van der Waals surface area (Å²) in [4.78, 5) is 28.9. The summed E-state index contributed by atoms with van der Waals surface area (Å²) in [6.45, 7) is 13.8. The Kier molecular flexibility index (Phi) is 8.31. The van der Waals surface area contributed by atoms with Crippen molar-refractivity contribution in [2.24, 2.45) is 46.8 Å². The van der Waals surface area contributed by atoms with Crippen molar-refractivity contribution in [1.29, 1.82) is 0 Å². The molecule has 1 unspecified atom stereocenters. The Morgan fingerprint density at radius 1 is 1.06 bits per heavy atom. The third-order valence-corrected chi connectivity index (χ3v) is 15.4. The van der Waals surface area contributed by atoms with Crippen molar-refractivity contribution >= 4 is 11.9 Å². The largest absolute Gasteiger partial charge is 0.456 e. The second-order valence-electron chi connectivity index (χ2n) is 18.0. The zero-order valence-electron chi connectivity index (χ0n) is 30.2. The predicted octanol–water partition coefficient (Wildman–Crippen LogP) is 1.49. The van der Waals surface area contributed by atoms with Gasteiger partial charge in [-0.2, -0.15) is 0 Å². The lowest BCUT2D eigenvalue weighted by Gasteiger charge is -2.64. The number of hydrogen-bond donors (Lipinski definition) is 6. The van der Waals surface area contributed by atoms with Crippen LogP contribution in [0, 0.1) is 46.8 Å². The van der Waals surface area contributed by atoms with Gasteiger partial charge in [-0.25, -0.2) is 4.79 Å². The molecule has 7 aliphatic rings. The van der Waals surface area contributed by atoms with Crippen molar-refractivity contribution < 1.29 is 54.4 Å². The highest BCUT2D eigenvalue weighted by atomic mass is 16.7. The zero-order valence-corrected chi connectivity index (χ0v) is 30.2. The van der Waals surface area contributed by atoms with Crippen LogP contribution in [-0.4, -0.2) is 119 Å². The van der Waals surface area contributed by atoms with Gasteiger partial charge >= 0.3 is 11.9 Å². The van der Waals surface area contributed by atoms with Crippen LogP contribution in [0.2, 0.25) is 0 Å². The second-order valence-corrected chi connectivity index (χ2v) is 18.0. The Morgan fingerprint density at radius 3 is 2.41 bits per heavy atom. The summed E-state index contributed by atoms with van der Waals surface area (Å²) in [5, 5.41) is 73.4.